The molecule has 0 spiro atoms. The average molecular weight is 295 g/mol. The summed E-state index contributed by atoms with van der Waals surface area (Å²) in [4.78, 5) is 3.37. The highest BCUT2D eigenvalue weighted by molar-refractivity contribution is 7.10. The van der Waals surface area contributed by atoms with Crippen LogP contribution in [0.4, 0.5) is 11.4 Å². The largest absolute Gasteiger partial charge is 0.377 e. The summed E-state index contributed by atoms with van der Waals surface area (Å²) in [5.41, 5.74) is 2.10. The van der Waals surface area contributed by atoms with E-state index >= 15 is 0 Å². The van der Waals surface area contributed by atoms with Gasteiger partial charge in [-0.1, -0.05) is 24.6 Å². The number of hydrogen-bond acceptors (Lipinski definition) is 3. The van der Waals surface area contributed by atoms with Gasteiger partial charge < -0.3 is 10.2 Å². The fraction of sp³-hybridized carbons (Fsp3) is 0.333. The lowest BCUT2D eigenvalue weighted by Gasteiger charge is -2.19. The first-order valence-corrected chi connectivity index (χ1v) is 7.64. The lowest BCUT2D eigenvalue weighted by molar-refractivity contribution is 0.764. The Morgan fingerprint density at radius 1 is 1.32 bits per heavy atom. The van der Waals surface area contributed by atoms with Crippen LogP contribution in [0.1, 0.15) is 24.3 Å². The van der Waals surface area contributed by atoms with Crippen LogP contribution in [0, 0.1) is 0 Å². The van der Waals surface area contributed by atoms with Gasteiger partial charge in [0.15, 0.2) is 0 Å². The zero-order chi connectivity index (χ0) is 13.8. The summed E-state index contributed by atoms with van der Waals surface area (Å²) in [5.74, 6) is 0. The van der Waals surface area contributed by atoms with Crippen molar-refractivity contribution in [3.8, 4) is 0 Å². The van der Waals surface area contributed by atoms with Crippen molar-refractivity contribution in [2.75, 3.05) is 24.3 Å². The quantitative estimate of drug-likeness (QED) is 0.832. The van der Waals surface area contributed by atoms with Crippen LogP contribution in [0.15, 0.2) is 35.7 Å². The second kappa shape index (κ2) is 6.31. The monoisotopic (exact) mass is 294 g/mol. The third kappa shape index (κ3) is 3.43. The average Bonchev–Trinajstić information content (AvgIpc) is 2.89. The SMILES string of the molecule is CCC(Nc1ccc(N(C)C)c(Cl)c1)c1cccs1. The lowest BCUT2D eigenvalue weighted by atomic mass is 10.1. The minimum atomic E-state index is 0.348. The Kier molecular flexibility index (Phi) is 4.72. The van der Waals surface area contributed by atoms with Gasteiger partial charge in [-0.3, -0.25) is 0 Å². The summed E-state index contributed by atoms with van der Waals surface area (Å²) in [6, 6.07) is 10.7. The van der Waals surface area contributed by atoms with E-state index in [1.807, 2.05) is 31.1 Å². The highest BCUT2D eigenvalue weighted by Gasteiger charge is 2.11. The van der Waals surface area contributed by atoms with Crippen molar-refractivity contribution in [3.63, 3.8) is 0 Å². The molecule has 0 aliphatic carbocycles. The van der Waals surface area contributed by atoms with Crippen molar-refractivity contribution in [1.82, 2.24) is 0 Å². The minimum absolute atomic E-state index is 0.348. The minimum Gasteiger partial charge on any atom is -0.377 e. The van der Waals surface area contributed by atoms with Gasteiger partial charge in [0, 0.05) is 24.7 Å². The number of thiophene rings is 1. The van der Waals surface area contributed by atoms with Crippen LogP contribution in [0.2, 0.25) is 5.02 Å². The maximum Gasteiger partial charge on any atom is 0.0659 e. The molecule has 102 valence electrons. The highest BCUT2D eigenvalue weighted by Crippen LogP contribution is 2.31. The van der Waals surface area contributed by atoms with E-state index in [1.165, 1.54) is 4.88 Å². The molecule has 0 saturated heterocycles. The third-order valence-corrected chi connectivity index (χ3v) is 4.35. The Hall–Kier alpha value is -1.19. The Morgan fingerprint density at radius 3 is 2.63 bits per heavy atom. The van der Waals surface area contributed by atoms with Crippen LogP contribution >= 0.6 is 22.9 Å². The molecule has 2 aromatic rings. The third-order valence-electron chi connectivity index (χ3n) is 3.07. The van der Waals surface area contributed by atoms with Crippen LogP contribution in [0.3, 0.4) is 0 Å². The number of nitrogens with zero attached hydrogens (tertiary/aromatic N) is 1. The first-order valence-electron chi connectivity index (χ1n) is 6.38. The van der Waals surface area contributed by atoms with E-state index in [0.29, 0.717) is 6.04 Å². The van der Waals surface area contributed by atoms with E-state index in [4.69, 9.17) is 11.6 Å². The molecule has 0 aliphatic heterocycles. The molecule has 1 atom stereocenters. The van der Waals surface area contributed by atoms with Gasteiger partial charge in [0.2, 0.25) is 0 Å². The molecule has 1 N–H and O–H groups in total. The van der Waals surface area contributed by atoms with Crippen LogP contribution < -0.4 is 10.2 Å². The maximum atomic E-state index is 6.30. The van der Waals surface area contributed by atoms with Crippen molar-refractivity contribution in [2.24, 2.45) is 0 Å². The van der Waals surface area contributed by atoms with Crippen molar-refractivity contribution in [1.29, 1.82) is 0 Å². The standard InChI is InChI=1S/C15H19ClN2S/c1-4-13(15-6-5-9-19-15)17-11-7-8-14(18(2)3)12(16)10-11/h5-10,13,17H,4H2,1-3H3. The molecular formula is C15H19ClN2S. The summed E-state index contributed by atoms with van der Waals surface area (Å²) in [7, 11) is 3.99. The van der Waals surface area contributed by atoms with Gasteiger partial charge in [-0.05, 0) is 36.1 Å². The van der Waals surface area contributed by atoms with Gasteiger partial charge in [-0.25, -0.2) is 0 Å². The number of nitrogens with one attached hydrogen (secondary N) is 1. The fourth-order valence-electron chi connectivity index (χ4n) is 2.02. The predicted octanol–water partition coefficient (Wildman–Crippen LogP) is 5.03. The van der Waals surface area contributed by atoms with Crippen LogP contribution in [0.25, 0.3) is 0 Å². The molecule has 0 amide bonds. The number of anilines is 2. The molecule has 1 unspecified atom stereocenters. The Balaban J connectivity index is 2.17. The zero-order valence-corrected chi connectivity index (χ0v) is 13.1. The molecular weight excluding hydrogens is 276 g/mol. The summed E-state index contributed by atoms with van der Waals surface area (Å²) in [5, 5.41) is 6.43. The van der Waals surface area contributed by atoms with E-state index in [1.54, 1.807) is 11.3 Å². The fourth-order valence-corrected chi connectivity index (χ4v) is 3.24. The number of benzene rings is 1. The maximum absolute atomic E-state index is 6.30. The van der Waals surface area contributed by atoms with Gasteiger partial charge >= 0.3 is 0 Å². The molecule has 0 bridgehead atoms. The van der Waals surface area contributed by atoms with E-state index in [0.717, 1.165) is 22.8 Å². The van der Waals surface area contributed by atoms with Gasteiger partial charge in [0.1, 0.15) is 0 Å². The molecule has 2 rings (SSSR count). The van der Waals surface area contributed by atoms with E-state index < -0.39 is 0 Å². The zero-order valence-electron chi connectivity index (χ0n) is 11.5. The number of hydrogen-bond donors (Lipinski definition) is 1. The van der Waals surface area contributed by atoms with E-state index in [9.17, 15) is 0 Å². The first kappa shape index (κ1) is 14.2. The smallest absolute Gasteiger partial charge is 0.0659 e. The summed E-state index contributed by atoms with van der Waals surface area (Å²) < 4.78 is 0. The summed E-state index contributed by atoms with van der Waals surface area (Å²) >= 11 is 8.08. The van der Waals surface area contributed by atoms with E-state index in [-0.39, 0.29) is 0 Å². The Morgan fingerprint density at radius 2 is 2.11 bits per heavy atom. The van der Waals surface area contributed by atoms with Gasteiger partial charge in [0.05, 0.1) is 16.8 Å². The number of halogens is 1. The van der Waals surface area contributed by atoms with Gasteiger partial charge in [-0.2, -0.15) is 0 Å². The normalized spacial score (nSPS) is 12.2. The molecule has 0 fully saturated rings. The van der Waals surface area contributed by atoms with Crippen molar-refractivity contribution >= 4 is 34.3 Å². The molecule has 2 nitrogen and oxygen atoms in total. The Bertz CT molecular complexity index is 523. The van der Waals surface area contributed by atoms with Crippen molar-refractivity contribution < 1.29 is 0 Å². The van der Waals surface area contributed by atoms with Gasteiger partial charge in [-0.15, -0.1) is 11.3 Å². The topological polar surface area (TPSA) is 15.3 Å². The summed E-state index contributed by atoms with van der Waals surface area (Å²) in [6.07, 6.45) is 1.05. The molecule has 1 aromatic carbocycles. The van der Waals surface area contributed by atoms with Crippen LogP contribution in [-0.4, -0.2) is 14.1 Å². The van der Waals surface area contributed by atoms with E-state index in [2.05, 4.69) is 35.8 Å². The van der Waals surface area contributed by atoms with Crippen molar-refractivity contribution in [2.45, 2.75) is 19.4 Å². The summed E-state index contributed by atoms with van der Waals surface area (Å²) in [6.45, 7) is 2.19. The van der Waals surface area contributed by atoms with Gasteiger partial charge in [0.25, 0.3) is 0 Å². The lowest BCUT2D eigenvalue weighted by Crippen LogP contribution is -2.11. The molecule has 1 aromatic heterocycles. The molecule has 4 heteroatoms. The molecule has 0 radical (unpaired) electrons. The predicted molar refractivity (Wildman–Crippen MR) is 86.8 cm³/mol. The van der Waals surface area contributed by atoms with Crippen LogP contribution in [-0.2, 0) is 0 Å². The first-order chi connectivity index (χ1) is 9.11. The van der Waals surface area contributed by atoms with Crippen molar-refractivity contribution in [3.05, 3.63) is 45.6 Å². The Labute approximate surface area is 124 Å². The highest BCUT2D eigenvalue weighted by atomic mass is 35.5. The van der Waals surface area contributed by atoms with Crippen LogP contribution in [0.5, 0.6) is 0 Å². The molecule has 0 aliphatic rings. The second-order valence-corrected chi connectivity index (χ2v) is 6.07. The molecule has 19 heavy (non-hydrogen) atoms. The molecule has 1 heterocycles. The molecule has 0 saturated carbocycles. The second-order valence-electron chi connectivity index (χ2n) is 4.68. The number of rotatable bonds is 5.